The van der Waals surface area contributed by atoms with Crippen LogP contribution in [0.2, 0.25) is 0 Å². The van der Waals surface area contributed by atoms with E-state index in [0.717, 1.165) is 12.8 Å². The molecule has 1 saturated heterocycles. The van der Waals surface area contributed by atoms with E-state index in [4.69, 9.17) is 49.4 Å². The fraction of sp³-hybridized carbons (Fsp3) is 0.585. The van der Waals surface area contributed by atoms with E-state index in [1.165, 1.54) is 12.1 Å². The number of allylic oxidation sites excluding steroid dienone is 1. The van der Waals surface area contributed by atoms with Crippen LogP contribution in [0.4, 0.5) is 27.6 Å². The van der Waals surface area contributed by atoms with E-state index >= 15 is 0 Å². The number of unbranched alkanes of at least 4 members (excludes halogenated alkanes) is 2. The Kier molecular flexibility index (Phi) is 22.7. The van der Waals surface area contributed by atoms with Crippen LogP contribution < -0.4 is 20.6 Å². The monoisotopic (exact) mass is 921 g/mol. The zero-order valence-electron chi connectivity index (χ0n) is 35.0. The zero-order valence-corrected chi connectivity index (χ0v) is 35.0. The van der Waals surface area contributed by atoms with Crippen molar-refractivity contribution in [1.82, 2.24) is 5.23 Å². The Balaban J connectivity index is 0.951. The molecule has 5 atom stereocenters. The number of carbonyl (C=O) groups is 1. The molecule has 2 aliphatic rings. The first kappa shape index (κ1) is 52.2. The van der Waals surface area contributed by atoms with Crippen LogP contribution in [-0.4, -0.2) is 145 Å². The summed E-state index contributed by atoms with van der Waals surface area (Å²) in [7, 11) is 0. The average molecular weight is 922 g/mol. The Morgan fingerprint density at radius 2 is 1.34 bits per heavy atom. The Morgan fingerprint density at radius 1 is 0.766 bits per heavy atom. The second kappa shape index (κ2) is 27.8. The van der Waals surface area contributed by atoms with E-state index in [0.29, 0.717) is 82.2 Å². The van der Waals surface area contributed by atoms with Crippen LogP contribution in [0, 0.1) is 29.1 Å². The normalized spacial score (nSPS) is 20.0. The van der Waals surface area contributed by atoms with Crippen molar-refractivity contribution in [2.24, 2.45) is 15.9 Å². The number of halogens is 5. The van der Waals surface area contributed by atoms with E-state index in [2.05, 4.69) is 15.4 Å². The molecule has 1 saturated carbocycles. The molecule has 0 spiro atoms. The SMILES string of the molecule is N/N=C(\C=NCCOCCOCCOCCOCCC(Oc1c(F)c(F)c(F)c(F)c1F)=C1CC1)CCCCCC(=O)Nc1ccc(O[C@H]2OC(CCN(O)O)[C@@H](O)C(O)C2O)cc1. The average Bonchev–Trinajstić information content (AvgIpc) is 4.13. The van der Waals surface area contributed by atoms with Gasteiger partial charge in [0.05, 0.1) is 77.8 Å². The number of hydrogen-bond acceptors (Lipinski definition) is 17. The van der Waals surface area contributed by atoms with Gasteiger partial charge in [0.1, 0.15) is 29.8 Å². The molecule has 1 amide bonds. The summed E-state index contributed by atoms with van der Waals surface area (Å²) in [6.07, 6.45) is -1.26. The molecule has 2 fully saturated rings. The summed E-state index contributed by atoms with van der Waals surface area (Å²) in [5, 5.41) is 55.0. The number of carbonyl (C=O) groups excluding carboxylic acids is 1. The summed E-state index contributed by atoms with van der Waals surface area (Å²) in [5.74, 6) is -6.12. The standard InChI is InChI=1S/C41H56F5N5O13/c42-32-33(43)35(45)40(36(46)34(32)44)63-29(25-6-7-25)13-16-58-18-20-60-22-23-61-21-19-59-17-14-48-24-27(50-47)4-2-1-3-5-31(52)49-26-8-10-28(11-9-26)62-41-39(55)38(54)37(53)30(64-41)12-15-51(56)57/h8-11,24,30,37-39,41,53-57H,1-7,12-23,47H2,(H,49,52)/b48-24?,50-27-/t30?,37-,38?,39?,41+/m1/s1. The number of benzene rings is 2. The number of rotatable bonds is 30. The molecule has 1 aliphatic carbocycles. The molecular formula is C41H56F5N5O13. The highest BCUT2D eigenvalue weighted by Gasteiger charge is 2.45. The number of anilines is 1. The van der Waals surface area contributed by atoms with Crippen molar-refractivity contribution < 1.29 is 85.6 Å². The molecule has 23 heteroatoms. The maximum atomic E-state index is 14.0. The molecule has 1 aliphatic heterocycles. The lowest BCUT2D eigenvalue weighted by atomic mass is 9.97. The van der Waals surface area contributed by atoms with E-state index in [-0.39, 0.29) is 68.3 Å². The highest BCUT2D eigenvalue weighted by atomic mass is 19.2. The maximum Gasteiger partial charge on any atom is 0.229 e. The molecule has 358 valence electrons. The largest absolute Gasteiger partial charge is 0.462 e. The minimum atomic E-state index is -2.25. The molecule has 2 aromatic rings. The van der Waals surface area contributed by atoms with Gasteiger partial charge in [-0.15, -0.1) is 0 Å². The van der Waals surface area contributed by atoms with Gasteiger partial charge in [0.15, 0.2) is 0 Å². The van der Waals surface area contributed by atoms with Gasteiger partial charge in [-0.3, -0.25) is 20.2 Å². The predicted molar refractivity (Wildman–Crippen MR) is 216 cm³/mol. The summed E-state index contributed by atoms with van der Waals surface area (Å²) in [6.45, 7) is 2.25. The number of nitrogens with two attached hydrogens (primary N) is 1. The van der Waals surface area contributed by atoms with Crippen LogP contribution >= 0.6 is 0 Å². The van der Waals surface area contributed by atoms with E-state index < -0.39 is 65.5 Å². The highest BCUT2D eigenvalue weighted by Crippen LogP contribution is 2.37. The van der Waals surface area contributed by atoms with Crippen molar-refractivity contribution in [1.29, 1.82) is 0 Å². The quantitative estimate of drug-likeness (QED) is 0.00859. The third-order valence-electron chi connectivity index (χ3n) is 9.66. The van der Waals surface area contributed by atoms with Crippen LogP contribution in [0.15, 0.2) is 45.7 Å². The summed E-state index contributed by atoms with van der Waals surface area (Å²) >= 11 is 0. The summed E-state index contributed by atoms with van der Waals surface area (Å²) < 4.78 is 106. The number of amides is 1. The van der Waals surface area contributed by atoms with Crippen molar-refractivity contribution in [2.75, 3.05) is 71.3 Å². The summed E-state index contributed by atoms with van der Waals surface area (Å²) in [4.78, 5) is 16.8. The van der Waals surface area contributed by atoms with Crippen molar-refractivity contribution in [2.45, 2.75) is 88.5 Å². The lowest BCUT2D eigenvalue weighted by molar-refractivity contribution is -0.317. The Hall–Kier alpha value is -4.40. The third-order valence-corrected chi connectivity index (χ3v) is 9.66. The van der Waals surface area contributed by atoms with Gasteiger partial charge in [0.25, 0.3) is 0 Å². The minimum absolute atomic E-state index is 0.0652. The van der Waals surface area contributed by atoms with Gasteiger partial charge in [-0.2, -0.15) is 13.9 Å². The lowest BCUT2D eigenvalue weighted by Gasteiger charge is -2.40. The first-order valence-corrected chi connectivity index (χ1v) is 20.7. The topological polar surface area (TPSA) is 249 Å². The van der Waals surface area contributed by atoms with Crippen molar-refractivity contribution >= 4 is 23.5 Å². The minimum Gasteiger partial charge on any atom is -0.462 e. The molecule has 8 N–H and O–H groups in total. The number of ether oxygens (including phenoxy) is 7. The number of aliphatic hydroxyl groups is 3. The van der Waals surface area contributed by atoms with Crippen molar-refractivity contribution in [3.63, 3.8) is 0 Å². The first-order chi connectivity index (χ1) is 30.8. The van der Waals surface area contributed by atoms with E-state index in [9.17, 15) is 42.1 Å². The second-order valence-corrected chi connectivity index (χ2v) is 14.5. The van der Waals surface area contributed by atoms with Crippen LogP contribution in [0.3, 0.4) is 0 Å². The fourth-order valence-electron chi connectivity index (χ4n) is 6.05. The van der Waals surface area contributed by atoms with Crippen LogP contribution in [0.25, 0.3) is 0 Å². The predicted octanol–water partition coefficient (Wildman–Crippen LogP) is 3.90. The van der Waals surface area contributed by atoms with E-state index in [1.54, 1.807) is 18.3 Å². The molecule has 3 unspecified atom stereocenters. The number of hydrazone groups is 1. The second-order valence-electron chi connectivity index (χ2n) is 14.5. The molecule has 0 bridgehead atoms. The van der Waals surface area contributed by atoms with Gasteiger partial charge in [0, 0.05) is 24.7 Å². The Labute approximate surface area is 365 Å². The Morgan fingerprint density at radius 3 is 1.94 bits per heavy atom. The van der Waals surface area contributed by atoms with Crippen molar-refractivity contribution in [3.05, 3.63) is 64.7 Å². The summed E-state index contributed by atoms with van der Waals surface area (Å²) in [5.41, 5.74) is 1.83. The fourth-order valence-corrected chi connectivity index (χ4v) is 6.05. The molecule has 64 heavy (non-hydrogen) atoms. The molecule has 2 aromatic carbocycles. The first-order valence-electron chi connectivity index (χ1n) is 20.7. The number of aliphatic imine (C=N–C) groups is 1. The molecule has 0 aromatic heterocycles. The summed E-state index contributed by atoms with van der Waals surface area (Å²) in [6, 6.07) is 6.25. The van der Waals surface area contributed by atoms with Gasteiger partial charge < -0.3 is 59.6 Å². The highest BCUT2D eigenvalue weighted by molar-refractivity contribution is 6.30. The van der Waals surface area contributed by atoms with Gasteiger partial charge in [-0.05, 0) is 68.4 Å². The van der Waals surface area contributed by atoms with Crippen LogP contribution in [0.5, 0.6) is 11.5 Å². The molecular weight excluding hydrogens is 865 g/mol. The molecule has 18 nitrogen and oxygen atoms in total. The van der Waals surface area contributed by atoms with Crippen LogP contribution in [-0.2, 0) is 28.5 Å². The third kappa shape index (κ3) is 17.5. The molecule has 4 rings (SSSR count). The van der Waals surface area contributed by atoms with Gasteiger partial charge in [-0.1, -0.05) is 11.6 Å². The number of nitrogens with zero attached hydrogens (tertiary/aromatic N) is 3. The van der Waals surface area contributed by atoms with Crippen molar-refractivity contribution in [3.8, 4) is 11.5 Å². The molecule has 1 heterocycles. The number of nitrogens with one attached hydrogen (secondary N) is 1. The number of hydroxylamine groups is 2. The smallest absolute Gasteiger partial charge is 0.229 e. The Bertz CT molecular complexity index is 1810. The van der Waals surface area contributed by atoms with Gasteiger partial charge in [0.2, 0.25) is 47.0 Å². The van der Waals surface area contributed by atoms with Crippen LogP contribution in [0.1, 0.15) is 57.8 Å². The van der Waals surface area contributed by atoms with E-state index in [1.807, 2.05) is 0 Å². The number of hydrogen-bond donors (Lipinski definition) is 7. The zero-order chi connectivity index (χ0) is 46.4. The van der Waals surface area contributed by atoms with Gasteiger partial charge >= 0.3 is 0 Å². The lowest BCUT2D eigenvalue weighted by Crippen LogP contribution is -2.59. The number of aliphatic hydroxyl groups excluding tert-OH is 3. The van der Waals surface area contributed by atoms with Gasteiger partial charge in [-0.25, -0.2) is 13.2 Å². The molecule has 0 radical (unpaired) electrons. The maximum absolute atomic E-state index is 14.0.